The van der Waals surface area contributed by atoms with Gasteiger partial charge in [-0.1, -0.05) is 12.8 Å². The molecule has 0 radical (unpaired) electrons. The summed E-state index contributed by atoms with van der Waals surface area (Å²) < 4.78 is 5.34. The molecule has 0 bridgehead atoms. The van der Waals surface area contributed by atoms with Crippen LogP contribution in [0.5, 0.6) is 0 Å². The molecular formula is C14H29N3O. The van der Waals surface area contributed by atoms with Crippen LogP contribution >= 0.6 is 0 Å². The predicted octanol–water partition coefficient (Wildman–Crippen LogP) is 0.781. The molecule has 2 fully saturated rings. The van der Waals surface area contributed by atoms with E-state index in [4.69, 9.17) is 4.74 Å². The fourth-order valence-electron chi connectivity index (χ4n) is 3.46. The second-order valence-electron chi connectivity index (χ2n) is 5.68. The van der Waals surface area contributed by atoms with Crippen LogP contribution < -0.4 is 5.32 Å². The van der Waals surface area contributed by atoms with Crippen molar-refractivity contribution in [2.75, 3.05) is 53.5 Å². The highest BCUT2D eigenvalue weighted by Gasteiger charge is 2.28. The van der Waals surface area contributed by atoms with Crippen molar-refractivity contribution in [1.82, 2.24) is 15.1 Å². The molecule has 0 spiro atoms. The fraction of sp³-hybridized carbons (Fsp3) is 1.00. The molecule has 1 aliphatic heterocycles. The second kappa shape index (κ2) is 7.43. The molecule has 1 N–H and O–H groups in total. The van der Waals surface area contributed by atoms with E-state index in [1.54, 1.807) is 7.11 Å². The molecule has 2 aliphatic rings. The lowest BCUT2D eigenvalue weighted by atomic mass is 10.1. The molecule has 18 heavy (non-hydrogen) atoms. The number of likely N-dealkylation sites (N-methyl/N-ethyl adjacent to an activating group) is 1. The lowest BCUT2D eigenvalue weighted by Crippen LogP contribution is -2.55. The number of hydrogen-bond donors (Lipinski definition) is 1. The maximum Gasteiger partial charge on any atom is 0.0630 e. The Morgan fingerprint density at radius 2 is 1.83 bits per heavy atom. The van der Waals surface area contributed by atoms with E-state index >= 15 is 0 Å². The first kappa shape index (κ1) is 14.3. The molecular weight excluding hydrogens is 226 g/mol. The van der Waals surface area contributed by atoms with E-state index in [-0.39, 0.29) is 0 Å². The lowest BCUT2D eigenvalue weighted by molar-refractivity contribution is 0.0370. The quantitative estimate of drug-likeness (QED) is 0.759. The summed E-state index contributed by atoms with van der Waals surface area (Å²) >= 11 is 0. The van der Waals surface area contributed by atoms with E-state index in [0.29, 0.717) is 6.04 Å². The Morgan fingerprint density at radius 1 is 1.17 bits per heavy atom. The zero-order chi connectivity index (χ0) is 12.8. The van der Waals surface area contributed by atoms with Crippen LogP contribution in [0.25, 0.3) is 0 Å². The van der Waals surface area contributed by atoms with E-state index in [1.165, 1.54) is 51.9 Å². The van der Waals surface area contributed by atoms with Crippen molar-refractivity contribution < 1.29 is 4.74 Å². The van der Waals surface area contributed by atoms with Crippen molar-refractivity contribution in [2.45, 2.75) is 37.8 Å². The molecule has 0 aromatic heterocycles. The summed E-state index contributed by atoms with van der Waals surface area (Å²) in [5.74, 6) is 0. The Labute approximate surface area is 112 Å². The summed E-state index contributed by atoms with van der Waals surface area (Å²) in [6.45, 7) is 6.75. The third kappa shape index (κ3) is 3.67. The molecule has 0 aromatic carbocycles. The average Bonchev–Trinajstić information content (AvgIpc) is 2.93. The second-order valence-corrected chi connectivity index (χ2v) is 5.68. The van der Waals surface area contributed by atoms with Crippen LogP contribution in [0.2, 0.25) is 0 Å². The van der Waals surface area contributed by atoms with Crippen LogP contribution in [0.1, 0.15) is 25.7 Å². The van der Waals surface area contributed by atoms with E-state index < -0.39 is 0 Å². The summed E-state index contributed by atoms with van der Waals surface area (Å²) in [7, 11) is 3.83. The van der Waals surface area contributed by atoms with Crippen LogP contribution in [0.15, 0.2) is 0 Å². The zero-order valence-electron chi connectivity index (χ0n) is 12.0. The first-order valence-corrected chi connectivity index (χ1v) is 7.46. The van der Waals surface area contributed by atoms with E-state index in [9.17, 15) is 0 Å². The molecule has 1 unspecified atom stereocenters. The number of methoxy groups -OCH3 is 1. The minimum absolute atomic E-state index is 0.533. The molecule has 4 nitrogen and oxygen atoms in total. The third-order valence-electron chi connectivity index (χ3n) is 4.51. The molecule has 1 saturated carbocycles. The molecule has 2 rings (SSSR count). The van der Waals surface area contributed by atoms with Gasteiger partial charge in [-0.15, -0.1) is 0 Å². The molecule has 1 aliphatic carbocycles. The van der Waals surface area contributed by atoms with Crippen LogP contribution in [0, 0.1) is 0 Å². The Bertz CT molecular complexity index is 217. The van der Waals surface area contributed by atoms with E-state index in [1.807, 2.05) is 7.05 Å². The van der Waals surface area contributed by atoms with Crippen LogP contribution in [0.3, 0.4) is 0 Å². The monoisotopic (exact) mass is 255 g/mol. The van der Waals surface area contributed by atoms with Gasteiger partial charge in [0, 0.05) is 51.9 Å². The third-order valence-corrected chi connectivity index (χ3v) is 4.51. The largest absolute Gasteiger partial charge is 0.383 e. The maximum absolute atomic E-state index is 5.34. The van der Waals surface area contributed by atoms with E-state index in [2.05, 4.69) is 15.1 Å². The Hall–Kier alpha value is -0.160. The first-order valence-electron chi connectivity index (χ1n) is 7.46. The number of rotatable bonds is 6. The Balaban J connectivity index is 1.77. The van der Waals surface area contributed by atoms with Crippen molar-refractivity contribution >= 4 is 0 Å². The highest BCUT2D eigenvalue weighted by Crippen LogP contribution is 2.24. The van der Waals surface area contributed by atoms with Crippen molar-refractivity contribution in [1.29, 1.82) is 0 Å². The summed E-state index contributed by atoms with van der Waals surface area (Å²) in [6.07, 6.45) is 5.74. The van der Waals surface area contributed by atoms with Crippen LogP contribution in [-0.4, -0.2) is 75.4 Å². The average molecular weight is 255 g/mol. The summed E-state index contributed by atoms with van der Waals surface area (Å²) in [5, 5.41) is 3.28. The maximum atomic E-state index is 5.34. The van der Waals surface area contributed by atoms with E-state index in [0.717, 1.165) is 19.2 Å². The van der Waals surface area contributed by atoms with Crippen molar-refractivity contribution in [3.05, 3.63) is 0 Å². The number of piperazine rings is 1. The minimum Gasteiger partial charge on any atom is -0.383 e. The highest BCUT2D eigenvalue weighted by molar-refractivity contribution is 4.84. The standard InChI is InChI=1S/C14H29N3O/c1-15-11-14(12-18-2)17-9-7-16(8-10-17)13-5-3-4-6-13/h13-15H,3-12H2,1-2H3. The van der Waals surface area contributed by atoms with Crippen molar-refractivity contribution in [2.24, 2.45) is 0 Å². The van der Waals surface area contributed by atoms with Gasteiger partial charge in [-0.05, 0) is 19.9 Å². The highest BCUT2D eigenvalue weighted by atomic mass is 16.5. The molecule has 1 atom stereocenters. The van der Waals surface area contributed by atoms with Gasteiger partial charge in [-0.3, -0.25) is 9.80 Å². The van der Waals surface area contributed by atoms with Gasteiger partial charge in [0.1, 0.15) is 0 Å². The predicted molar refractivity (Wildman–Crippen MR) is 75.0 cm³/mol. The molecule has 1 heterocycles. The molecule has 0 aromatic rings. The zero-order valence-corrected chi connectivity index (χ0v) is 12.0. The molecule has 1 saturated heterocycles. The Kier molecular flexibility index (Phi) is 5.89. The normalized spacial score (nSPS) is 25.7. The van der Waals surface area contributed by atoms with Gasteiger partial charge < -0.3 is 10.1 Å². The lowest BCUT2D eigenvalue weighted by Gasteiger charge is -2.41. The number of nitrogens with zero attached hydrogens (tertiary/aromatic N) is 2. The molecule has 4 heteroatoms. The number of nitrogens with one attached hydrogen (secondary N) is 1. The summed E-state index contributed by atoms with van der Waals surface area (Å²) in [5.41, 5.74) is 0. The smallest absolute Gasteiger partial charge is 0.0630 e. The topological polar surface area (TPSA) is 27.7 Å². The van der Waals surface area contributed by atoms with Gasteiger partial charge >= 0.3 is 0 Å². The van der Waals surface area contributed by atoms with Gasteiger partial charge in [0.2, 0.25) is 0 Å². The van der Waals surface area contributed by atoms with Gasteiger partial charge in [-0.2, -0.15) is 0 Å². The fourth-order valence-corrected chi connectivity index (χ4v) is 3.46. The number of ether oxygens (including phenoxy) is 1. The Morgan fingerprint density at radius 3 is 2.39 bits per heavy atom. The van der Waals surface area contributed by atoms with Gasteiger partial charge in [-0.25, -0.2) is 0 Å². The van der Waals surface area contributed by atoms with Crippen molar-refractivity contribution in [3.63, 3.8) is 0 Å². The molecule has 106 valence electrons. The van der Waals surface area contributed by atoms with Gasteiger partial charge in [0.25, 0.3) is 0 Å². The number of hydrogen-bond acceptors (Lipinski definition) is 4. The SMILES string of the molecule is CNCC(COC)N1CCN(C2CCCC2)CC1. The van der Waals surface area contributed by atoms with Crippen LogP contribution in [0.4, 0.5) is 0 Å². The van der Waals surface area contributed by atoms with Crippen LogP contribution in [-0.2, 0) is 4.74 Å². The van der Waals surface area contributed by atoms with Gasteiger partial charge in [0.05, 0.1) is 6.61 Å². The van der Waals surface area contributed by atoms with Crippen molar-refractivity contribution in [3.8, 4) is 0 Å². The first-order chi connectivity index (χ1) is 8.85. The molecule has 0 amide bonds. The summed E-state index contributed by atoms with van der Waals surface area (Å²) in [6, 6.07) is 1.42. The minimum atomic E-state index is 0.533. The van der Waals surface area contributed by atoms with Gasteiger partial charge in [0.15, 0.2) is 0 Å². The summed E-state index contributed by atoms with van der Waals surface area (Å²) in [4.78, 5) is 5.30.